The van der Waals surface area contributed by atoms with Gasteiger partial charge in [-0.05, 0) is 29.8 Å². The van der Waals surface area contributed by atoms with Gasteiger partial charge in [0, 0.05) is 6.54 Å². The summed E-state index contributed by atoms with van der Waals surface area (Å²) >= 11 is 0. The van der Waals surface area contributed by atoms with Crippen LogP contribution < -0.4 is 10.4 Å². The molecule has 0 saturated heterocycles. The number of rotatable bonds is 9. The van der Waals surface area contributed by atoms with Crippen molar-refractivity contribution in [1.29, 1.82) is 0 Å². The van der Waals surface area contributed by atoms with E-state index in [1.165, 1.54) is 24.3 Å². The van der Waals surface area contributed by atoms with Crippen molar-refractivity contribution in [2.24, 2.45) is 0 Å². The molecule has 2 atom stereocenters. The third-order valence-corrected chi connectivity index (χ3v) is 4.56. The number of hydrogen-bond acceptors (Lipinski definition) is 7. The fourth-order valence-electron chi connectivity index (χ4n) is 2.89. The van der Waals surface area contributed by atoms with Gasteiger partial charge < -0.3 is 24.7 Å². The molecule has 33 heavy (non-hydrogen) atoms. The van der Waals surface area contributed by atoms with Crippen LogP contribution in [-0.4, -0.2) is 36.0 Å². The van der Waals surface area contributed by atoms with Crippen molar-refractivity contribution >= 4 is 23.8 Å². The third kappa shape index (κ3) is 6.51. The van der Waals surface area contributed by atoms with Crippen LogP contribution in [0.3, 0.4) is 0 Å². The molecule has 0 unspecified atom stereocenters. The third-order valence-electron chi connectivity index (χ3n) is 4.56. The minimum absolute atomic E-state index is 0.0332. The lowest BCUT2D eigenvalue weighted by Crippen LogP contribution is -2.54. The maximum Gasteiger partial charge on any atom is 0.339 e. The second kappa shape index (κ2) is 11.2. The van der Waals surface area contributed by atoms with Crippen LogP contribution in [0, 0.1) is 0 Å². The number of carbonyl (C=O) groups excluding carboxylic acids is 4. The summed E-state index contributed by atoms with van der Waals surface area (Å²) in [5.41, 5.74) is 0.872. The van der Waals surface area contributed by atoms with E-state index >= 15 is 0 Å². The molecule has 168 valence electrons. The topological polar surface area (TPSA) is 122 Å². The predicted molar refractivity (Wildman–Crippen MR) is 115 cm³/mol. The number of amides is 1. The van der Waals surface area contributed by atoms with Crippen molar-refractivity contribution < 1.29 is 33.8 Å². The number of carboxylic acid groups (broad SMARTS) is 1. The first-order valence-electron chi connectivity index (χ1n) is 10.0. The maximum atomic E-state index is 12.9. The van der Waals surface area contributed by atoms with Crippen molar-refractivity contribution in [3.8, 4) is 0 Å². The molecule has 3 rings (SSSR count). The number of ether oxygens (including phenoxy) is 2. The molecule has 0 radical (unpaired) electrons. The van der Waals surface area contributed by atoms with Crippen LogP contribution in [0.2, 0.25) is 0 Å². The van der Waals surface area contributed by atoms with E-state index in [1.807, 2.05) is 0 Å². The predicted octanol–water partition coefficient (Wildman–Crippen LogP) is 1.50. The molecule has 3 aromatic rings. The standard InChI is InChI=1S/C25H21NO7/c27-22(26-16-17-10-4-1-5-11-17)20(32-24(30)18-12-6-2-7-13-18)21(23(28)29)33-25(31)19-14-8-3-9-15-19/h1-15,20-21H,16H2,(H,26,27)(H,28,29)/p-1/t20-,21+/m1/s1. The van der Waals surface area contributed by atoms with Gasteiger partial charge in [0.1, 0.15) is 0 Å². The number of nitrogens with one attached hydrogen (secondary N) is 1. The molecule has 0 spiro atoms. The van der Waals surface area contributed by atoms with E-state index in [0.29, 0.717) is 0 Å². The summed E-state index contributed by atoms with van der Waals surface area (Å²) in [6.45, 7) is 0.0332. The molecular formula is C25H20NO7-. The normalized spacial score (nSPS) is 12.1. The second-order valence-corrected chi connectivity index (χ2v) is 6.91. The van der Waals surface area contributed by atoms with Crippen LogP contribution in [0.5, 0.6) is 0 Å². The first kappa shape index (κ1) is 23.2. The fraction of sp³-hybridized carbons (Fsp3) is 0.120. The molecule has 0 fully saturated rings. The summed E-state index contributed by atoms with van der Waals surface area (Å²) in [5.74, 6) is -4.82. The fourth-order valence-corrected chi connectivity index (χ4v) is 2.89. The van der Waals surface area contributed by atoms with Gasteiger partial charge in [0.15, 0.2) is 6.10 Å². The second-order valence-electron chi connectivity index (χ2n) is 6.91. The Morgan fingerprint density at radius 2 is 1.09 bits per heavy atom. The zero-order valence-electron chi connectivity index (χ0n) is 17.4. The van der Waals surface area contributed by atoms with Gasteiger partial charge in [0.2, 0.25) is 6.10 Å². The summed E-state index contributed by atoms with van der Waals surface area (Å²) in [4.78, 5) is 49.7. The molecule has 8 heteroatoms. The van der Waals surface area contributed by atoms with Gasteiger partial charge in [0.05, 0.1) is 17.1 Å². The molecule has 0 saturated carbocycles. The maximum absolute atomic E-state index is 12.9. The average Bonchev–Trinajstić information content (AvgIpc) is 2.86. The Kier molecular flexibility index (Phi) is 7.91. The van der Waals surface area contributed by atoms with Crippen molar-refractivity contribution in [2.45, 2.75) is 18.8 Å². The lowest BCUT2D eigenvalue weighted by Gasteiger charge is -2.27. The Morgan fingerprint density at radius 1 is 0.667 bits per heavy atom. The van der Waals surface area contributed by atoms with Gasteiger partial charge in [-0.25, -0.2) is 9.59 Å². The van der Waals surface area contributed by atoms with E-state index < -0.39 is 36.0 Å². The van der Waals surface area contributed by atoms with Crippen LogP contribution in [-0.2, 0) is 25.6 Å². The van der Waals surface area contributed by atoms with Crippen LogP contribution in [0.15, 0.2) is 91.0 Å². The number of esters is 2. The highest BCUT2D eigenvalue weighted by atomic mass is 16.6. The number of carbonyl (C=O) groups is 4. The van der Waals surface area contributed by atoms with Gasteiger partial charge in [0.25, 0.3) is 5.91 Å². The monoisotopic (exact) mass is 446 g/mol. The molecule has 0 heterocycles. The number of carboxylic acids is 1. The molecule has 1 amide bonds. The molecule has 1 N–H and O–H groups in total. The van der Waals surface area contributed by atoms with Gasteiger partial charge in [-0.15, -0.1) is 0 Å². The molecule has 0 aromatic heterocycles. The van der Waals surface area contributed by atoms with Crippen LogP contribution in [0.25, 0.3) is 0 Å². The van der Waals surface area contributed by atoms with Crippen LogP contribution in [0.4, 0.5) is 0 Å². The van der Waals surface area contributed by atoms with E-state index in [9.17, 15) is 24.3 Å². The Bertz CT molecular complexity index is 1100. The quantitative estimate of drug-likeness (QED) is 0.494. The Labute approximate surface area is 189 Å². The zero-order chi connectivity index (χ0) is 23.6. The summed E-state index contributed by atoms with van der Waals surface area (Å²) in [7, 11) is 0. The minimum Gasteiger partial charge on any atom is -0.546 e. The summed E-state index contributed by atoms with van der Waals surface area (Å²) < 4.78 is 10.2. The van der Waals surface area contributed by atoms with E-state index in [0.717, 1.165) is 5.56 Å². The first-order valence-corrected chi connectivity index (χ1v) is 10.0. The lowest BCUT2D eigenvalue weighted by atomic mass is 10.1. The lowest BCUT2D eigenvalue weighted by molar-refractivity contribution is -0.317. The molecule has 0 bridgehead atoms. The van der Waals surface area contributed by atoms with Crippen molar-refractivity contribution in [1.82, 2.24) is 5.32 Å². The van der Waals surface area contributed by atoms with Gasteiger partial charge in [-0.2, -0.15) is 0 Å². The highest BCUT2D eigenvalue weighted by Gasteiger charge is 2.36. The van der Waals surface area contributed by atoms with E-state index in [4.69, 9.17) is 9.47 Å². The van der Waals surface area contributed by atoms with Gasteiger partial charge in [-0.3, -0.25) is 4.79 Å². The Hall–Kier alpha value is -4.46. The summed E-state index contributed by atoms with van der Waals surface area (Å²) in [5, 5.41) is 14.4. The number of hydrogen-bond donors (Lipinski definition) is 1. The van der Waals surface area contributed by atoms with Gasteiger partial charge >= 0.3 is 11.9 Å². The molecule has 0 aliphatic rings. The van der Waals surface area contributed by atoms with E-state index in [-0.39, 0.29) is 17.7 Å². The number of benzene rings is 3. The first-order chi connectivity index (χ1) is 16.0. The van der Waals surface area contributed by atoms with Crippen molar-refractivity contribution in [3.05, 3.63) is 108 Å². The van der Waals surface area contributed by atoms with E-state index in [2.05, 4.69) is 5.32 Å². The molecular weight excluding hydrogens is 426 g/mol. The average molecular weight is 446 g/mol. The van der Waals surface area contributed by atoms with E-state index in [1.54, 1.807) is 66.7 Å². The highest BCUT2D eigenvalue weighted by molar-refractivity contribution is 5.96. The Morgan fingerprint density at radius 3 is 1.55 bits per heavy atom. The SMILES string of the molecule is O=C(O[C@H](C(=O)[O-])[C@@H](OC(=O)c1ccccc1)C(=O)NCc1ccccc1)c1ccccc1. The van der Waals surface area contributed by atoms with Crippen molar-refractivity contribution in [2.75, 3.05) is 0 Å². The largest absolute Gasteiger partial charge is 0.546 e. The summed E-state index contributed by atoms with van der Waals surface area (Å²) in [6.07, 6.45) is -4.17. The van der Waals surface area contributed by atoms with Crippen LogP contribution in [0.1, 0.15) is 26.3 Å². The van der Waals surface area contributed by atoms with Crippen molar-refractivity contribution in [3.63, 3.8) is 0 Å². The Balaban J connectivity index is 1.83. The molecule has 8 nitrogen and oxygen atoms in total. The van der Waals surface area contributed by atoms with Gasteiger partial charge in [-0.1, -0.05) is 66.7 Å². The molecule has 0 aliphatic carbocycles. The number of aliphatic carboxylic acids is 1. The highest BCUT2D eigenvalue weighted by Crippen LogP contribution is 2.13. The zero-order valence-corrected chi connectivity index (χ0v) is 17.4. The minimum atomic E-state index is -2.18. The van der Waals surface area contributed by atoms with Crippen LogP contribution >= 0.6 is 0 Å². The smallest absolute Gasteiger partial charge is 0.339 e. The molecule has 0 aliphatic heterocycles. The molecule has 3 aromatic carbocycles. The summed E-state index contributed by atoms with van der Waals surface area (Å²) in [6, 6.07) is 24.1.